The molecule has 0 spiro atoms. The number of methoxy groups -OCH3 is 2. The number of nitrogens with zero attached hydrogens (tertiary/aromatic N) is 5. The number of aryl methyl sites for hydroxylation is 1. The minimum atomic E-state index is -0.663. The SMILES string of the molecule is C=C1N=C(c2ccn(C)n2)N(c2c(OC)cccc2OC)C(O)=C1C(=O)N1CCC(c2ccc(F)cc2F)C1. The van der Waals surface area contributed by atoms with Gasteiger partial charge < -0.3 is 19.5 Å². The van der Waals surface area contributed by atoms with Gasteiger partial charge in [0.15, 0.2) is 5.84 Å². The molecule has 0 aliphatic carbocycles. The quantitative estimate of drug-likeness (QED) is 0.507. The molecule has 11 heteroatoms. The van der Waals surface area contributed by atoms with Gasteiger partial charge in [-0.25, -0.2) is 13.8 Å². The number of amidine groups is 1. The fourth-order valence-corrected chi connectivity index (χ4v) is 4.95. The van der Waals surface area contributed by atoms with Crippen molar-refractivity contribution in [2.45, 2.75) is 12.3 Å². The summed E-state index contributed by atoms with van der Waals surface area (Å²) < 4.78 is 40.6. The van der Waals surface area contributed by atoms with E-state index in [1.54, 1.807) is 42.2 Å². The summed E-state index contributed by atoms with van der Waals surface area (Å²) in [6, 6.07) is 10.3. The van der Waals surface area contributed by atoms with Gasteiger partial charge in [0, 0.05) is 38.3 Å². The average molecular weight is 536 g/mol. The lowest BCUT2D eigenvalue weighted by Gasteiger charge is -2.32. The number of carbonyl (C=O) groups is 1. The van der Waals surface area contributed by atoms with Gasteiger partial charge in [-0.05, 0) is 36.2 Å². The van der Waals surface area contributed by atoms with Gasteiger partial charge in [0.05, 0.1) is 19.9 Å². The number of likely N-dealkylation sites (tertiary alicyclic amines) is 1. The number of benzene rings is 2. The second-order valence-corrected chi connectivity index (χ2v) is 9.20. The monoisotopic (exact) mass is 535 g/mol. The highest BCUT2D eigenvalue weighted by atomic mass is 19.1. The normalized spacial score (nSPS) is 17.5. The minimum absolute atomic E-state index is 0.0414. The van der Waals surface area contributed by atoms with Gasteiger partial charge in [0.1, 0.15) is 40.1 Å². The van der Waals surface area contributed by atoms with Crippen molar-refractivity contribution in [3.8, 4) is 11.5 Å². The molecular formula is C28H27F2N5O4. The van der Waals surface area contributed by atoms with Gasteiger partial charge in [0.2, 0.25) is 5.88 Å². The lowest BCUT2D eigenvalue weighted by atomic mass is 9.98. The lowest BCUT2D eigenvalue weighted by molar-refractivity contribution is -0.126. The van der Waals surface area contributed by atoms with E-state index in [-0.39, 0.29) is 29.6 Å². The minimum Gasteiger partial charge on any atom is -0.494 e. The van der Waals surface area contributed by atoms with Gasteiger partial charge in [-0.15, -0.1) is 0 Å². The van der Waals surface area contributed by atoms with Crippen LogP contribution in [0.25, 0.3) is 0 Å². The van der Waals surface area contributed by atoms with E-state index in [9.17, 15) is 18.7 Å². The molecule has 1 fully saturated rings. The molecular weight excluding hydrogens is 508 g/mol. The summed E-state index contributed by atoms with van der Waals surface area (Å²) in [5.41, 5.74) is 0.985. The van der Waals surface area contributed by atoms with Crippen molar-refractivity contribution in [3.63, 3.8) is 0 Å². The number of aliphatic imine (C=N–C) groups is 1. The zero-order chi connectivity index (χ0) is 27.8. The third-order valence-electron chi connectivity index (χ3n) is 6.84. The van der Waals surface area contributed by atoms with Crippen LogP contribution in [-0.4, -0.2) is 58.8 Å². The summed E-state index contributed by atoms with van der Waals surface area (Å²) in [7, 11) is 4.70. The zero-order valence-corrected chi connectivity index (χ0v) is 21.7. The van der Waals surface area contributed by atoms with Crippen LogP contribution < -0.4 is 14.4 Å². The smallest absolute Gasteiger partial charge is 0.261 e. The number of aromatic nitrogens is 2. The summed E-state index contributed by atoms with van der Waals surface area (Å²) >= 11 is 0. The fourth-order valence-electron chi connectivity index (χ4n) is 4.95. The molecule has 2 aromatic carbocycles. The van der Waals surface area contributed by atoms with E-state index < -0.39 is 23.4 Å². The number of anilines is 1. The maximum absolute atomic E-state index is 14.4. The summed E-state index contributed by atoms with van der Waals surface area (Å²) in [5, 5.41) is 16.1. The van der Waals surface area contributed by atoms with Crippen molar-refractivity contribution in [2.75, 3.05) is 32.2 Å². The topological polar surface area (TPSA) is 92.4 Å². The highest BCUT2D eigenvalue weighted by Crippen LogP contribution is 2.43. The molecule has 0 saturated carbocycles. The van der Waals surface area contributed by atoms with E-state index in [1.165, 1.54) is 36.2 Å². The largest absolute Gasteiger partial charge is 0.494 e. The number of para-hydroxylation sites is 1. The Hall–Kier alpha value is -4.67. The van der Waals surface area contributed by atoms with Crippen molar-refractivity contribution in [1.29, 1.82) is 0 Å². The van der Waals surface area contributed by atoms with Crippen LogP contribution in [0.3, 0.4) is 0 Å². The average Bonchev–Trinajstić information content (AvgIpc) is 3.57. The third kappa shape index (κ3) is 4.60. The molecule has 5 rings (SSSR count). The highest BCUT2D eigenvalue weighted by Gasteiger charge is 2.39. The van der Waals surface area contributed by atoms with Gasteiger partial charge in [-0.2, -0.15) is 5.10 Å². The number of ether oxygens (including phenoxy) is 2. The first kappa shape index (κ1) is 26.0. The van der Waals surface area contributed by atoms with E-state index in [1.807, 2.05) is 0 Å². The summed E-state index contributed by atoms with van der Waals surface area (Å²) in [6.07, 6.45) is 2.19. The van der Waals surface area contributed by atoms with E-state index in [2.05, 4.69) is 16.7 Å². The lowest BCUT2D eigenvalue weighted by Crippen LogP contribution is -2.40. The first-order valence-corrected chi connectivity index (χ1v) is 12.2. The maximum Gasteiger partial charge on any atom is 0.261 e. The third-order valence-corrected chi connectivity index (χ3v) is 6.84. The van der Waals surface area contributed by atoms with Gasteiger partial charge >= 0.3 is 0 Å². The Labute approximate surface area is 223 Å². The molecule has 1 N–H and O–H groups in total. The Bertz CT molecular complexity index is 1510. The van der Waals surface area contributed by atoms with Crippen molar-refractivity contribution >= 4 is 17.4 Å². The Morgan fingerprint density at radius 2 is 1.85 bits per heavy atom. The molecule has 2 aliphatic rings. The predicted octanol–water partition coefficient (Wildman–Crippen LogP) is 4.28. The first-order chi connectivity index (χ1) is 18.7. The summed E-state index contributed by atoms with van der Waals surface area (Å²) in [4.78, 5) is 21.2. The van der Waals surface area contributed by atoms with Crippen molar-refractivity contribution in [2.24, 2.45) is 12.0 Å². The van der Waals surface area contributed by atoms with Crippen molar-refractivity contribution in [1.82, 2.24) is 14.7 Å². The second kappa shape index (κ2) is 10.2. The van der Waals surface area contributed by atoms with Crippen LogP contribution in [-0.2, 0) is 11.8 Å². The molecule has 3 heterocycles. The Morgan fingerprint density at radius 1 is 1.13 bits per heavy atom. The molecule has 1 amide bonds. The second-order valence-electron chi connectivity index (χ2n) is 9.20. The zero-order valence-electron chi connectivity index (χ0n) is 21.7. The van der Waals surface area contributed by atoms with E-state index in [0.29, 0.717) is 41.4 Å². The first-order valence-electron chi connectivity index (χ1n) is 12.2. The number of hydrogen-bond acceptors (Lipinski definition) is 7. The van der Waals surface area contributed by atoms with E-state index in [0.717, 1.165) is 6.07 Å². The van der Waals surface area contributed by atoms with Crippen LogP contribution in [0.4, 0.5) is 14.5 Å². The number of halogens is 2. The molecule has 39 heavy (non-hydrogen) atoms. The molecule has 0 radical (unpaired) electrons. The summed E-state index contributed by atoms with van der Waals surface area (Å²) in [5.74, 6) is -1.67. The highest BCUT2D eigenvalue weighted by molar-refractivity contribution is 6.16. The van der Waals surface area contributed by atoms with Gasteiger partial charge in [-0.3, -0.25) is 14.4 Å². The summed E-state index contributed by atoms with van der Waals surface area (Å²) in [6.45, 7) is 4.44. The fraction of sp³-hybridized carbons (Fsp3) is 0.250. The van der Waals surface area contributed by atoms with E-state index in [4.69, 9.17) is 9.47 Å². The molecule has 1 unspecified atom stereocenters. The molecule has 1 saturated heterocycles. The Kier molecular flexibility index (Phi) is 6.81. The standard InChI is InChI=1S/C28H27F2N5O4/c1-16-24(27(36)34-13-10-17(15-34)19-9-8-18(29)14-20(19)30)28(37)35(26(31-16)21-11-12-33(2)32-21)25-22(38-3)6-5-7-23(25)39-4/h5-9,11-12,14,17,37H,1,10,13,15H2,2-4H3. The number of amides is 1. The van der Waals surface area contributed by atoms with Crippen LogP contribution in [0.1, 0.15) is 23.6 Å². The number of aliphatic hydroxyl groups excluding tert-OH is 1. The van der Waals surface area contributed by atoms with Crippen molar-refractivity contribution < 1.29 is 28.2 Å². The number of carbonyl (C=O) groups excluding carboxylic acids is 1. The van der Waals surface area contributed by atoms with Gasteiger partial charge in [-0.1, -0.05) is 18.7 Å². The number of hydrogen-bond donors (Lipinski definition) is 1. The van der Waals surface area contributed by atoms with Crippen LogP contribution in [0.5, 0.6) is 11.5 Å². The molecule has 3 aromatic rings. The van der Waals surface area contributed by atoms with Crippen LogP contribution in [0.2, 0.25) is 0 Å². The molecule has 1 aromatic heterocycles. The Balaban J connectivity index is 1.56. The molecule has 9 nitrogen and oxygen atoms in total. The maximum atomic E-state index is 14.4. The predicted molar refractivity (Wildman–Crippen MR) is 141 cm³/mol. The van der Waals surface area contributed by atoms with Crippen LogP contribution in [0.15, 0.2) is 77.4 Å². The molecule has 0 bridgehead atoms. The Morgan fingerprint density at radius 3 is 2.46 bits per heavy atom. The van der Waals surface area contributed by atoms with Crippen molar-refractivity contribution in [3.05, 3.63) is 95.3 Å². The van der Waals surface area contributed by atoms with Crippen LogP contribution >= 0.6 is 0 Å². The molecule has 2 aliphatic heterocycles. The molecule has 202 valence electrons. The number of aliphatic hydroxyl groups is 1. The van der Waals surface area contributed by atoms with Gasteiger partial charge in [0.25, 0.3) is 5.91 Å². The number of rotatable bonds is 6. The van der Waals surface area contributed by atoms with E-state index >= 15 is 0 Å². The van der Waals surface area contributed by atoms with Crippen LogP contribution in [0, 0.1) is 11.6 Å². The molecule has 1 atom stereocenters.